The number of halogens is 1. The summed E-state index contributed by atoms with van der Waals surface area (Å²) in [6, 6.07) is 8.82. The van der Waals surface area contributed by atoms with Gasteiger partial charge in [0.1, 0.15) is 11.6 Å². The van der Waals surface area contributed by atoms with E-state index in [1.54, 1.807) is 19.1 Å². The molecule has 0 unspecified atom stereocenters. The van der Waals surface area contributed by atoms with Gasteiger partial charge in [0.25, 0.3) is 0 Å². The number of hydrogen-bond acceptors (Lipinski definition) is 7. The van der Waals surface area contributed by atoms with Gasteiger partial charge in [-0.25, -0.2) is 9.37 Å². The number of thiazole rings is 1. The van der Waals surface area contributed by atoms with Crippen molar-refractivity contribution in [3.63, 3.8) is 0 Å². The summed E-state index contributed by atoms with van der Waals surface area (Å²) in [4.78, 5) is 17.6. The van der Waals surface area contributed by atoms with Crippen molar-refractivity contribution in [3.05, 3.63) is 71.8 Å². The van der Waals surface area contributed by atoms with Gasteiger partial charge in [0, 0.05) is 5.56 Å². The molecule has 0 aliphatic rings. The van der Waals surface area contributed by atoms with Crippen molar-refractivity contribution in [1.29, 1.82) is 0 Å². The van der Waals surface area contributed by atoms with Gasteiger partial charge >= 0.3 is 0 Å². The molecule has 0 bridgehead atoms. The third-order valence-electron chi connectivity index (χ3n) is 4.64. The Labute approximate surface area is 172 Å². The maximum absolute atomic E-state index is 13.6. The Morgan fingerprint density at radius 3 is 2.73 bits per heavy atom. The summed E-state index contributed by atoms with van der Waals surface area (Å²) in [6.07, 6.45) is 2.78. The third-order valence-corrected chi connectivity index (χ3v) is 5.64. The first-order valence-corrected chi connectivity index (χ1v) is 9.62. The molecule has 0 atom stereocenters. The van der Waals surface area contributed by atoms with E-state index in [9.17, 15) is 19.4 Å². The lowest BCUT2D eigenvalue weighted by Crippen LogP contribution is -2.03. The second kappa shape index (κ2) is 6.60. The molecule has 5 rings (SSSR count). The van der Waals surface area contributed by atoms with Crippen molar-refractivity contribution < 1.29 is 28.2 Å². The van der Waals surface area contributed by atoms with Gasteiger partial charge in [0.05, 0.1) is 34.0 Å². The maximum atomic E-state index is 13.6. The third kappa shape index (κ3) is 2.71. The first-order valence-electron chi connectivity index (χ1n) is 8.81. The number of fused-ring (bicyclic) bond motifs is 1. The van der Waals surface area contributed by atoms with Gasteiger partial charge < -0.3 is 19.0 Å². The number of aromatic nitrogens is 2. The summed E-state index contributed by atoms with van der Waals surface area (Å²) in [5, 5.41) is 21.6. The van der Waals surface area contributed by atoms with Crippen molar-refractivity contribution in [2.24, 2.45) is 0 Å². The van der Waals surface area contributed by atoms with E-state index in [0.717, 1.165) is 11.3 Å². The molecule has 150 valence electrons. The molecule has 0 saturated carbocycles. The van der Waals surface area contributed by atoms with Crippen LogP contribution in [0.15, 0.2) is 57.8 Å². The Bertz CT molecular complexity index is 1410. The Morgan fingerprint density at radius 1 is 1.20 bits per heavy atom. The molecule has 0 aliphatic carbocycles. The molecular weight excluding hydrogens is 411 g/mol. The van der Waals surface area contributed by atoms with E-state index in [0.29, 0.717) is 21.5 Å². The normalized spacial score (nSPS) is 11.4. The quantitative estimate of drug-likeness (QED) is 0.393. The van der Waals surface area contributed by atoms with Crippen molar-refractivity contribution >= 4 is 27.3 Å². The summed E-state index contributed by atoms with van der Waals surface area (Å²) < 4.78 is 26.0. The predicted molar refractivity (Wildman–Crippen MR) is 107 cm³/mol. The highest BCUT2D eigenvalue weighted by atomic mass is 32.1. The summed E-state index contributed by atoms with van der Waals surface area (Å²) in [7, 11) is 0. The number of hydrogen-bond donors (Lipinski definition) is 2. The van der Waals surface area contributed by atoms with Gasteiger partial charge in [-0.3, -0.25) is 9.36 Å². The minimum atomic E-state index is -0.615. The molecule has 4 aromatic heterocycles. The lowest BCUT2D eigenvalue weighted by atomic mass is 10.0. The minimum absolute atomic E-state index is 0.0102. The zero-order valence-electron chi connectivity index (χ0n) is 15.4. The fourth-order valence-corrected chi connectivity index (χ4v) is 4.28. The number of aryl methyl sites for hydroxylation is 1. The average molecular weight is 424 g/mol. The van der Waals surface area contributed by atoms with Gasteiger partial charge in [0.15, 0.2) is 16.6 Å². The van der Waals surface area contributed by atoms with Crippen molar-refractivity contribution in [3.8, 4) is 28.0 Å². The molecule has 1 aromatic carbocycles. The van der Waals surface area contributed by atoms with E-state index < -0.39 is 23.2 Å². The number of nitrogens with zero attached hydrogens (tertiary/aromatic N) is 2. The molecule has 2 N–H and O–H groups in total. The highest BCUT2D eigenvalue weighted by Crippen LogP contribution is 2.45. The molecule has 7 nitrogen and oxygen atoms in total. The second-order valence-electron chi connectivity index (χ2n) is 6.59. The van der Waals surface area contributed by atoms with E-state index in [2.05, 4.69) is 4.98 Å². The van der Waals surface area contributed by atoms with Crippen LogP contribution in [0.2, 0.25) is 0 Å². The molecule has 4 heterocycles. The van der Waals surface area contributed by atoms with Gasteiger partial charge in [-0.05, 0) is 43.3 Å². The summed E-state index contributed by atoms with van der Waals surface area (Å²) in [6.45, 7) is 1.69. The Kier molecular flexibility index (Phi) is 4.00. The summed E-state index contributed by atoms with van der Waals surface area (Å²) in [5.74, 6) is -1.68. The van der Waals surface area contributed by atoms with E-state index in [4.69, 9.17) is 8.83 Å². The van der Waals surface area contributed by atoms with E-state index in [1.807, 2.05) is 0 Å². The van der Waals surface area contributed by atoms with Crippen LogP contribution in [0.25, 0.3) is 26.6 Å². The highest BCUT2D eigenvalue weighted by molar-refractivity contribution is 7.20. The first-order chi connectivity index (χ1) is 14.4. The second-order valence-corrected chi connectivity index (χ2v) is 7.60. The molecule has 0 radical (unpaired) electrons. The van der Waals surface area contributed by atoms with E-state index in [-0.39, 0.29) is 22.1 Å². The molecule has 5 aromatic rings. The van der Waals surface area contributed by atoms with Gasteiger partial charge in [-0.1, -0.05) is 11.3 Å². The molecular formula is C21H13FN2O5S. The fraction of sp³-hybridized carbons (Fsp3) is 0.0476. The maximum Gasteiger partial charge on any atom is 0.242 e. The lowest BCUT2D eigenvalue weighted by molar-refractivity contribution is 0.101. The lowest BCUT2D eigenvalue weighted by Gasteiger charge is -2.06. The van der Waals surface area contributed by atoms with Crippen LogP contribution < -0.4 is 0 Å². The van der Waals surface area contributed by atoms with Crippen LogP contribution in [0, 0.1) is 12.7 Å². The topological polar surface area (TPSA) is 102 Å². The van der Waals surface area contributed by atoms with Crippen LogP contribution in [0.3, 0.4) is 0 Å². The number of benzene rings is 1. The number of rotatable bonds is 4. The molecule has 30 heavy (non-hydrogen) atoms. The van der Waals surface area contributed by atoms with Crippen LogP contribution in [0.1, 0.15) is 21.9 Å². The van der Waals surface area contributed by atoms with Crippen LogP contribution in [-0.2, 0) is 0 Å². The summed E-state index contributed by atoms with van der Waals surface area (Å²) in [5.41, 5.74) is 0.963. The highest BCUT2D eigenvalue weighted by Gasteiger charge is 2.32. The number of carbonyl (C=O) groups excluding carboxylic acids is 1. The van der Waals surface area contributed by atoms with Crippen LogP contribution in [0.5, 0.6) is 11.6 Å². The molecule has 0 amide bonds. The average Bonchev–Trinajstić information content (AvgIpc) is 3.49. The zero-order valence-corrected chi connectivity index (χ0v) is 16.2. The van der Waals surface area contributed by atoms with E-state index >= 15 is 0 Å². The largest absolute Gasteiger partial charge is 0.503 e. The molecule has 0 saturated heterocycles. The van der Waals surface area contributed by atoms with Crippen molar-refractivity contribution in [2.75, 3.05) is 0 Å². The van der Waals surface area contributed by atoms with Gasteiger partial charge in [-0.2, -0.15) is 0 Å². The Hall–Kier alpha value is -3.85. The number of carbonyl (C=O) groups is 1. The number of ketones is 1. The zero-order chi connectivity index (χ0) is 21.0. The predicted octanol–water partition coefficient (Wildman–Crippen LogP) is 5.03. The molecule has 0 aliphatic heterocycles. The van der Waals surface area contributed by atoms with Gasteiger partial charge in [-0.15, -0.1) is 0 Å². The number of aromatic hydroxyl groups is 2. The molecule has 0 fully saturated rings. The van der Waals surface area contributed by atoms with Crippen molar-refractivity contribution in [2.45, 2.75) is 6.92 Å². The number of furan rings is 2. The standard InChI is InChI=1S/C21H13FN2O5S/c1-10-2-5-14(29-10)18(25)16-17(11-6-7-28-9-11)24(20(27)19(16)26)21-23-13-4-3-12(22)8-15(13)30-21/h2-9,26-27H,1H3. The minimum Gasteiger partial charge on any atom is -0.503 e. The first kappa shape index (κ1) is 18.2. The summed E-state index contributed by atoms with van der Waals surface area (Å²) >= 11 is 1.10. The van der Waals surface area contributed by atoms with E-state index in [1.165, 1.54) is 41.4 Å². The monoisotopic (exact) mass is 424 g/mol. The fourth-order valence-electron chi connectivity index (χ4n) is 3.28. The molecule has 0 spiro atoms. The van der Waals surface area contributed by atoms with Crippen LogP contribution in [-0.4, -0.2) is 25.5 Å². The Morgan fingerprint density at radius 2 is 2.03 bits per heavy atom. The van der Waals surface area contributed by atoms with Crippen molar-refractivity contribution in [1.82, 2.24) is 9.55 Å². The van der Waals surface area contributed by atoms with Crippen LogP contribution in [0.4, 0.5) is 4.39 Å². The SMILES string of the molecule is Cc1ccc(C(=O)c2c(O)c(O)n(-c3nc4ccc(F)cc4s3)c2-c2ccoc2)o1. The molecule has 9 heteroatoms. The smallest absolute Gasteiger partial charge is 0.242 e. The van der Waals surface area contributed by atoms with Gasteiger partial charge in [0.2, 0.25) is 11.7 Å². The Balaban J connectivity index is 1.80. The van der Waals surface area contributed by atoms with Crippen LogP contribution >= 0.6 is 11.3 Å².